The highest BCUT2D eigenvalue weighted by Crippen LogP contribution is 2.23. The van der Waals surface area contributed by atoms with Crippen LogP contribution in [0.4, 0.5) is 5.69 Å². The van der Waals surface area contributed by atoms with E-state index in [9.17, 15) is 9.59 Å². The van der Waals surface area contributed by atoms with Crippen LogP contribution in [0.1, 0.15) is 17.4 Å². The van der Waals surface area contributed by atoms with Crippen LogP contribution in [0, 0.1) is 0 Å². The standard InChI is InChI=1S/C21H28N4O4/c1-24(2)17-7-5-16(6-8-17)19(25-9-12-28-13-10-25)15-23-21(27)20(26)22-14-18-4-3-11-29-18/h3-8,11,19H,9-10,12-15H2,1-2H3,(H,22,26)(H,23,27)/t19-/m0/s1. The normalized spacial score (nSPS) is 15.5. The van der Waals surface area contributed by atoms with E-state index < -0.39 is 11.8 Å². The van der Waals surface area contributed by atoms with Gasteiger partial charge in [0.1, 0.15) is 5.76 Å². The number of carbonyl (C=O) groups is 2. The van der Waals surface area contributed by atoms with Gasteiger partial charge in [-0.05, 0) is 29.8 Å². The number of carbonyl (C=O) groups excluding carboxylic acids is 2. The summed E-state index contributed by atoms with van der Waals surface area (Å²) in [5.41, 5.74) is 2.20. The van der Waals surface area contributed by atoms with Gasteiger partial charge in [-0.3, -0.25) is 14.5 Å². The first-order valence-electron chi connectivity index (χ1n) is 9.72. The van der Waals surface area contributed by atoms with Crippen LogP contribution in [0.3, 0.4) is 0 Å². The molecule has 1 atom stereocenters. The van der Waals surface area contributed by atoms with Crippen molar-refractivity contribution in [1.29, 1.82) is 0 Å². The molecule has 0 radical (unpaired) electrons. The zero-order chi connectivity index (χ0) is 20.6. The van der Waals surface area contributed by atoms with Crippen molar-refractivity contribution in [2.75, 3.05) is 51.8 Å². The molecule has 1 aliphatic rings. The van der Waals surface area contributed by atoms with Gasteiger partial charge in [0, 0.05) is 39.4 Å². The largest absolute Gasteiger partial charge is 0.467 e. The third-order valence-electron chi connectivity index (χ3n) is 4.95. The molecule has 2 amide bonds. The predicted molar refractivity (Wildman–Crippen MR) is 109 cm³/mol. The molecule has 0 spiro atoms. The van der Waals surface area contributed by atoms with Crippen molar-refractivity contribution in [3.63, 3.8) is 0 Å². The molecule has 29 heavy (non-hydrogen) atoms. The van der Waals surface area contributed by atoms with E-state index in [-0.39, 0.29) is 12.6 Å². The van der Waals surface area contributed by atoms with Gasteiger partial charge in [-0.15, -0.1) is 0 Å². The number of hydrogen-bond donors (Lipinski definition) is 2. The van der Waals surface area contributed by atoms with E-state index in [1.807, 2.05) is 19.0 Å². The number of nitrogens with one attached hydrogen (secondary N) is 2. The van der Waals surface area contributed by atoms with Crippen molar-refractivity contribution in [1.82, 2.24) is 15.5 Å². The summed E-state index contributed by atoms with van der Waals surface area (Å²) in [6.07, 6.45) is 1.52. The minimum atomic E-state index is -0.676. The van der Waals surface area contributed by atoms with Crippen LogP contribution in [0.15, 0.2) is 47.1 Å². The van der Waals surface area contributed by atoms with E-state index in [1.54, 1.807) is 12.1 Å². The predicted octanol–water partition coefficient (Wildman–Crippen LogP) is 1.15. The monoisotopic (exact) mass is 400 g/mol. The Balaban J connectivity index is 1.61. The summed E-state index contributed by atoms with van der Waals surface area (Å²) in [5, 5.41) is 5.34. The number of ether oxygens (including phenoxy) is 1. The Bertz CT molecular complexity index is 784. The number of anilines is 1. The Morgan fingerprint density at radius 3 is 2.38 bits per heavy atom. The van der Waals surface area contributed by atoms with Crippen molar-refractivity contribution in [2.45, 2.75) is 12.6 Å². The molecule has 1 aromatic heterocycles. The summed E-state index contributed by atoms with van der Waals surface area (Å²) < 4.78 is 10.6. The maximum absolute atomic E-state index is 12.3. The molecular weight excluding hydrogens is 372 g/mol. The SMILES string of the molecule is CN(C)c1ccc([C@H](CNC(=O)C(=O)NCc2ccco2)N2CCOCC2)cc1. The van der Waals surface area contributed by atoms with Crippen molar-refractivity contribution in [3.05, 3.63) is 54.0 Å². The van der Waals surface area contributed by atoms with Crippen LogP contribution in [0.5, 0.6) is 0 Å². The zero-order valence-corrected chi connectivity index (χ0v) is 16.9. The quantitative estimate of drug-likeness (QED) is 0.678. The fraction of sp³-hybridized carbons (Fsp3) is 0.429. The van der Waals surface area contributed by atoms with Gasteiger partial charge in [-0.25, -0.2) is 0 Å². The molecule has 0 unspecified atom stereocenters. The van der Waals surface area contributed by atoms with Gasteiger partial charge in [0.15, 0.2) is 0 Å². The average molecular weight is 400 g/mol. The van der Waals surface area contributed by atoms with E-state index in [0.29, 0.717) is 25.5 Å². The van der Waals surface area contributed by atoms with Crippen LogP contribution >= 0.6 is 0 Å². The highest BCUT2D eigenvalue weighted by molar-refractivity contribution is 6.35. The second-order valence-corrected chi connectivity index (χ2v) is 7.12. The third kappa shape index (κ3) is 5.82. The Morgan fingerprint density at radius 2 is 1.76 bits per heavy atom. The van der Waals surface area contributed by atoms with Crippen LogP contribution in [0.2, 0.25) is 0 Å². The summed E-state index contributed by atoms with van der Waals surface area (Å²) in [7, 11) is 3.99. The Hall–Kier alpha value is -2.84. The lowest BCUT2D eigenvalue weighted by Crippen LogP contribution is -2.46. The molecule has 8 heteroatoms. The molecule has 2 aromatic rings. The number of amides is 2. The van der Waals surface area contributed by atoms with E-state index in [1.165, 1.54) is 6.26 Å². The number of rotatable bonds is 7. The number of furan rings is 1. The highest BCUT2D eigenvalue weighted by Gasteiger charge is 2.24. The first-order chi connectivity index (χ1) is 14.0. The average Bonchev–Trinajstić information content (AvgIpc) is 3.27. The number of morpholine rings is 1. The Kier molecular flexibility index (Phi) is 7.26. The summed E-state index contributed by atoms with van der Waals surface area (Å²) in [6.45, 7) is 3.39. The van der Waals surface area contributed by atoms with E-state index >= 15 is 0 Å². The molecular formula is C21H28N4O4. The molecule has 0 bridgehead atoms. The first kappa shape index (κ1) is 20.9. The van der Waals surface area contributed by atoms with E-state index in [4.69, 9.17) is 9.15 Å². The van der Waals surface area contributed by atoms with Crippen molar-refractivity contribution in [2.24, 2.45) is 0 Å². The summed E-state index contributed by atoms with van der Waals surface area (Å²) in [5.74, 6) is -0.733. The van der Waals surface area contributed by atoms with Gasteiger partial charge < -0.3 is 24.7 Å². The Morgan fingerprint density at radius 1 is 1.07 bits per heavy atom. The number of hydrogen-bond acceptors (Lipinski definition) is 6. The fourth-order valence-corrected chi connectivity index (χ4v) is 3.27. The molecule has 2 N–H and O–H groups in total. The minimum absolute atomic E-state index is 0.0306. The highest BCUT2D eigenvalue weighted by atomic mass is 16.5. The lowest BCUT2D eigenvalue weighted by Gasteiger charge is -2.35. The lowest BCUT2D eigenvalue weighted by atomic mass is 10.0. The molecule has 2 heterocycles. The second kappa shape index (κ2) is 10.1. The molecule has 1 aromatic carbocycles. The van der Waals surface area contributed by atoms with Crippen LogP contribution in [-0.4, -0.2) is 63.7 Å². The summed E-state index contributed by atoms with van der Waals surface area (Å²) in [4.78, 5) is 28.7. The van der Waals surface area contributed by atoms with Gasteiger partial charge in [0.05, 0.1) is 32.1 Å². The molecule has 1 fully saturated rings. The van der Waals surface area contributed by atoms with Crippen molar-refractivity contribution in [3.8, 4) is 0 Å². The third-order valence-corrected chi connectivity index (χ3v) is 4.95. The molecule has 156 valence electrons. The van der Waals surface area contributed by atoms with E-state index in [0.717, 1.165) is 24.3 Å². The Labute approximate surface area is 170 Å². The fourth-order valence-electron chi connectivity index (χ4n) is 3.27. The van der Waals surface area contributed by atoms with Crippen molar-refractivity contribution >= 4 is 17.5 Å². The molecule has 0 saturated carbocycles. The molecule has 1 aliphatic heterocycles. The van der Waals surface area contributed by atoms with Gasteiger partial charge in [0.25, 0.3) is 0 Å². The second-order valence-electron chi connectivity index (χ2n) is 7.12. The molecule has 8 nitrogen and oxygen atoms in total. The summed E-state index contributed by atoms with van der Waals surface area (Å²) >= 11 is 0. The van der Waals surface area contributed by atoms with E-state index in [2.05, 4.69) is 39.8 Å². The van der Waals surface area contributed by atoms with Crippen LogP contribution < -0.4 is 15.5 Å². The van der Waals surface area contributed by atoms with Gasteiger partial charge in [-0.1, -0.05) is 12.1 Å². The maximum atomic E-state index is 12.3. The topological polar surface area (TPSA) is 87.1 Å². The molecule has 3 rings (SSSR count). The minimum Gasteiger partial charge on any atom is -0.467 e. The van der Waals surface area contributed by atoms with Gasteiger partial charge in [0.2, 0.25) is 0 Å². The maximum Gasteiger partial charge on any atom is 0.309 e. The van der Waals surface area contributed by atoms with Crippen molar-refractivity contribution < 1.29 is 18.7 Å². The summed E-state index contributed by atoms with van der Waals surface area (Å²) in [6, 6.07) is 11.7. The van der Waals surface area contributed by atoms with Gasteiger partial charge in [-0.2, -0.15) is 0 Å². The molecule has 1 saturated heterocycles. The number of nitrogens with zero attached hydrogens (tertiary/aromatic N) is 2. The first-order valence-corrected chi connectivity index (χ1v) is 9.72. The lowest BCUT2D eigenvalue weighted by molar-refractivity contribution is -0.139. The van der Waals surface area contributed by atoms with Crippen LogP contribution in [-0.2, 0) is 20.9 Å². The zero-order valence-electron chi connectivity index (χ0n) is 16.9. The van der Waals surface area contributed by atoms with Crippen LogP contribution in [0.25, 0.3) is 0 Å². The van der Waals surface area contributed by atoms with Gasteiger partial charge >= 0.3 is 11.8 Å². The smallest absolute Gasteiger partial charge is 0.309 e. The number of benzene rings is 1. The molecule has 0 aliphatic carbocycles.